The molecule has 0 aliphatic heterocycles. The molecule has 1 rings (SSSR count). The smallest absolute Gasteiger partial charge is 0.342 e. The number of esters is 1. The van der Waals surface area contributed by atoms with Crippen molar-refractivity contribution in [3.05, 3.63) is 23.8 Å². The number of aromatic hydroxyl groups is 1. The van der Waals surface area contributed by atoms with Crippen LogP contribution in [0.25, 0.3) is 0 Å². The topological polar surface area (TPSA) is 99.9 Å². The molecule has 118 valence electrons. The highest BCUT2D eigenvalue weighted by molar-refractivity contribution is 5.94. The second-order valence-electron chi connectivity index (χ2n) is 4.60. The van der Waals surface area contributed by atoms with Gasteiger partial charge in [-0.05, 0) is 19.1 Å². The fourth-order valence-electron chi connectivity index (χ4n) is 1.72. The third-order valence-corrected chi connectivity index (χ3v) is 2.99. The summed E-state index contributed by atoms with van der Waals surface area (Å²) < 4.78 is 9.96. The summed E-state index contributed by atoms with van der Waals surface area (Å²) in [6.45, 7) is 1.69. The Bertz CT molecular complexity index is 594. The maximum absolute atomic E-state index is 12.0. The zero-order chi connectivity index (χ0) is 16.7. The Kier molecular flexibility index (Phi) is 6.20. The van der Waals surface area contributed by atoms with Gasteiger partial charge in [0, 0.05) is 19.7 Å². The zero-order valence-electron chi connectivity index (χ0n) is 12.7. The molecule has 7 heteroatoms. The Morgan fingerprint density at radius 3 is 2.68 bits per heavy atom. The second-order valence-corrected chi connectivity index (χ2v) is 4.60. The van der Waals surface area contributed by atoms with Crippen molar-refractivity contribution >= 4 is 11.9 Å². The van der Waals surface area contributed by atoms with Crippen molar-refractivity contribution in [2.24, 2.45) is 0 Å². The van der Waals surface area contributed by atoms with Gasteiger partial charge in [-0.25, -0.2) is 4.79 Å². The first-order valence-corrected chi connectivity index (χ1v) is 6.60. The van der Waals surface area contributed by atoms with E-state index in [9.17, 15) is 14.7 Å². The molecular formula is C15H18N2O5. The van der Waals surface area contributed by atoms with E-state index in [2.05, 4.69) is 0 Å². The molecule has 0 aromatic heterocycles. The molecule has 7 nitrogen and oxygen atoms in total. The molecule has 1 aromatic rings. The third-order valence-electron chi connectivity index (χ3n) is 2.99. The van der Waals surface area contributed by atoms with Gasteiger partial charge < -0.3 is 19.5 Å². The molecule has 0 aliphatic carbocycles. The Balaban J connectivity index is 2.72. The van der Waals surface area contributed by atoms with Gasteiger partial charge in [0.05, 0.1) is 19.6 Å². The molecule has 0 aliphatic rings. The number of amides is 1. The van der Waals surface area contributed by atoms with E-state index in [1.165, 1.54) is 44.2 Å². The standard InChI is InChI=1S/C15H18N2O5/c1-10(14(19)17(2)8-4-7-16)22-15(20)12-6-5-11(21-3)9-13(12)18/h5-6,9-10,18H,4,8H2,1-3H3/t10-/m1/s1. The van der Waals surface area contributed by atoms with E-state index < -0.39 is 18.0 Å². The monoisotopic (exact) mass is 306 g/mol. The van der Waals surface area contributed by atoms with Crippen LogP contribution in [-0.2, 0) is 9.53 Å². The molecule has 0 saturated carbocycles. The third kappa shape index (κ3) is 4.38. The number of nitriles is 1. The molecule has 1 N–H and O–H groups in total. The minimum absolute atomic E-state index is 0.0554. The summed E-state index contributed by atoms with van der Waals surface area (Å²) in [5, 5.41) is 18.2. The number of rotatable bonds is 6. The lowest BCUT2D eigenvalue weighted by Gasteiger charge is -2.20. The molecule has 0 bridgehead atoms. The number of hydrogen-bond donors (Lipinski definition) is 1. The highest BCUT2D eigenvalue weighted by Crippen LogP contribution is 2.24. The molecule has 0 spiro atoms. The predicted molar refractivity (Wildman–Crippen MR) is 77.4 cm³/mol. The Morgan fingerprint density at radius 2 is 2.14 bits per heavy atom. The number of phenols is 1. The highest BCUT2D eigenvalue weighted by Gasteiger charge is 2.23. The first-order valence-electron chi connectivity index (χ1n) is 6.60. The maximum Gasteiger partial charge on any atom is 0.342 e. The summed E-state index contributed by atoms with van der Waals surface area (Å²) in [5.41, 5.74) is -0.0554. The quantitative estimate of drug-likeness (QED) is 0.796. The number of phenolic OH excluding ortho intramolecular Hbond substituents is 1. The molecule has 1 amide bonds. The minimum atomic E-state index is -1.02. The Hall–Kier alpha value is -2.75. The van der Waals surface area contributed by atoms with Crippen LogP contribution in [0.2, 0.25) is 0 Å². The largest absolute Gasteiger partial charge is 0.507 e. The van der Waals surface area contributed by atoms with Crippen molar-refractivity contribution in [3.8, 4) is 17.6 Å². The Morgan fingerprint density at radius 1 is 1.45 bits per heavy atom. The second kappa shape index (κ2) is 7.88. The van der Waals surface area contributed by atoms with E-state index >= 15 is 0 Å². The number of methoxy groups -OCH3 is 1. The summed E-state index contributed by atoms with van der Waals surface area (Å²) >= 11 is 0. The number of carbonyl (C=O) groups is 2. The van der Waals surface area contributed by atoms with Crippen molar-refractivity contribution in [1.82, 2.24) is 4.90 Å². The summed E-state index contributed by atoms with van der Waals surface area (Å²) in [5.74, 6) is -1.12. The van der Waals surface area contributed by atoms with Crippen LogP contribution < -0.4 is 4.74 Å². The van der Waals surface area contributed by atoms with E-state index in [-0.39, 0.29) is 24.3 Å². The summed E-state index contributed by atoms with van der Waals surface area (Å²) in [7, 11) is 2.96. The molecule has 0 unspecified atom stereocenters. The van der Waals surface area contributed by atoms with Crippen molar-refractivity contribution in [1.29, 1.82) is 5.26 Å². The first kappa shape index (κ1) is 17.3. The van der Waals surface area contributed by atoms with Crippen LogP contribution in [0.15, 0.2) is 18.2 Å². The molecular weight excluding hydrogens is 288 g/mol. The van der Waals surface area contributed by atoms with Gasteiger partial charge in [0.2, 0.25) is 0 Å². The number of ether oxygens (including phenoxy) is 2. The average Bonchev–Trinajstić information content (AvgIpc) is 2.51. The minimum Gasteiger partial charge on any atom is -0.507 e. The van der Waals surface area contributed by atoms with Crippen LogP contribution in [0.5, 0.6) is 11.5 Å². The number of carbonyl (C=O) groups excluding carboxylic acids is 2. The molecule has 1 atom stereocenters. The van der Waals surface area contributed by atoms with Gasteiger partial charge in [0.1, 0.15) is 17.1 Å². The summed E-state index contributed by atoms with van der Waals surface area (Å²) in [6, 6.07) is 6.07. The molecule has 0 heterocycles. The fraction of sp³-hybridized carbons (Fsp3) is 0.400. The first-order chi connectivity index (χ1) is 10.4. The van der Waals surface area contributed by atoms with Crippen molar-refractivity contribution < 1.29 is 24.2 Å². The number of hydrogen-bond acceptors (Lipinski definition) is 6. The number of likely N-dealkylation sites (N-methyl/N-ethyl adjacent to an activating group) is 1. The van der Waals surface area contributed by atoms with Crippen molar-refractivity contribution in [2.75, 3.05) is 20.7 Å². The van der Waals surface area contributed by atoms with E-state index in [1.807, 2.05) is 6.07 Å². The zero-order valence-corrected chi connectivity index (χ0v) is 12.7. The SMILES string of the molecule is COc1ccc(C(=O)O[C@H](C)C(=O)N(C)CCC#N)c(O)c1. The van der Waals surface area contributed by atoms with E-state index in [1.54, 1.807) is 0 Å². The van der Waals surface area contributed by atoms with Crippen LogP contribution >= 0.6 is 0 Å². The average molecular weight is 306 g/mol. The number of nitrogens with zero attached hydrogens (tertiary/aromatic N) is 2. The van der Waals surface area contributed by atoms with Crippen LogP contribution in [0.4, 0.5) is 0 Å². The van der Waals surface area contributed by atoms with Crippen LogP contribution in [-0.4, -0.2) is 48.7 Å². The van der Waals surface area contributed by atoms with Gasteiger partial charge in [-0.15, -0.1) is 0 Å². The van der Waals surface area contributed by atoms with Gasteiger partial charge in [0.25, 0.3) is 5.91 Å². The van der Waals surface area contributed by atoms with Gasteiger partial charge in [-0.1, -0.05) is 0 Å². The van der Waals surface area contributed by atoms with Crippen LogP contribution in [0.3, 0.4) is 0 Å². The summed E-state index contributed by atoms with van der Waals surface area (Å²) in [6.07, 6.45) is -0.819. The lowest BCUT2D eigenvalue weighted by molar-refractivity contribution is -0.138. The molecule has 0 fully saturated rings. The Labute approximate surface area is 128 Å². The fourth-order valence-corrected chi connectivity index (χ4v) is 1.72. The lowest BCUT2D eigenvalue weighted by atomic mass is 10.2. The maximum atomic E-state index is 12.0. The normalized spacial score (nSPS) is 11.2. The van der Waals surface area contributed by atoms with E-state index in [4.69, 9.17) is 14.7 Å². The number of benzene rings is 1. The summed E-state index contributed by atoms with van der Waals surface area (Å²) in [4.78, 5) is 25.2. The highest BCUT2D eigenvalue weighted by atomic mass is 16.5. The van der Waals surface area contributed by atoms with Gasteiger partial charge >= 0.3 is 5.97 Å². The van der Waals surface area contributed by atoms with Gasteiger partial charge in [0.15, 0.2) is 6.10 Å². The van der Waals surface area contributed by atoms with Crippen LogP contribution in [0.1, 0.15) is 23.7 Å². The van der Waals surface area contributed by atoms with E-state index in [0.29, 0.717) is 5.75 Å². The van der Waals surface area contributed by atoms with Crippen molar-refractivity contribution in [3.63, 3.8) is 0 Å². The molecule has 1 aromatic carbocycles. The van der Waals surface area contributed by atoms with Gasteiger partial charge in [-0.3, -0.25) is 4.79 Å². The molecule has 0 saturated heterocycles. The van der Waals surface area contributed by atoms with E-state index in [0.717, 1.165) is 0 Å². The predicted octanol–water partition coefficient (Wildman–Crippen LogP) is 1.32. The van der Waals surface area contributed by atoms with Crippen molar-refractivity contribution in [2.45, 2.75) is 19.4 Å². The van der Waals surface area contributed by atoms with Crippen LogP contribution in [0, 0.1) is 11.3 Å². The lowest BCUT2D eigenvalue weighted by Crippen LogP contribution is -2.37. The van der Waals surface area contributed by atoms with Gasteiger partial charge in [-0.2, -0.15) is 5.26 Å². The molecule has 0 radical (unpaired) electrons. The molecule has 22 heavy (non-hydrogen) atoms.